The minimum atomic E-state index is -0.826. The van der Waals surface area contributed by atoms with Crippen LogP contribution < -0.4 is 5.73 Å². The summed E-state index contributed by atoms with van der Waals surface area (Å²) in [5.74, 6) is -1.85. The molecular weight excluding hydrogens is 244 g/mol. The van der Waals surface area contributed by atoms with Gasteiger partial charge >= 0.3 is 5.97 Å². The summed E-state index contributed by atoms with van der Waals surface area (Å²) < 4.78 is 0. The fraction of sp³-hybridized carbons (Fsp3) is 0.286. The van der Waals surface area contributed by atoms with Crippen LogP contribution in [-0.2, 0) is 11.2 Å². The van der Waals surface area contributed by atoms with Crippen LogP contribution in [0.25, 0.3) is 10.9 Å². The number of hydrogen-bond acceptors (Lipinski definition) is 2. The number of hydrogen-bond donors (Lipinski definition) is 3. The molecule has 5 nitrogen and oxygen atoms in total. The maximum atomic E-state index is 11.4. The number of aromatic amines is 1. The number of fused-ring (bicyclic) bond motifs is 3. The minimum Gasteiger partial charge on any atom is -0.481 e. The van der Waals surface area contributed by atoms with Gasteiger partial charge in [-0.2, -0.15) is 0 Å². The predicted octanol–water partition coefficient (Wildman–Crippen LogP) is 1.77. The summed E-state index contributed by atoms with van der Waals surface area (Å²) in [5.41, 5.74) is 8.17. The highest BCUT2D eigenvalue weighted by Crippen LogP contribution is 2.37. The smallest absolute Gasteiger partial charge is 0.312 e. The fourth-order valence-electron chi connectivity index (χ4n) is 2.94. The van der Waals surface area contributed by atoms with E-state index in [0.29, 0.717) is 17.5 Å². The molecule has 1 heterocycles. The molecule has 1 unspecified atom stereocenters. The van der Waals surface area contributed by atoms with Gasteiger partial charge in [0.2, 0.25) is 0 Å². The summed E-state index contributed by atoms with van der Waals surface area (Å²) in [6.45, 7) is 0. The quantitative estimate of drug-likeness (QED) is 0.765. The number of nitrogens with two attached hydrogens (primary N) is 1. The van der Waals surface area contributed by atoms with Gasteiger partial charge in [0.05, 0.1) is 17.0 Å². The maximum Gasteiger partial charge on any atom is 0.312 e. The number of carbonyl (C=O) groups is 2. The molecular formula is C14H14N2O3. The van der Waals surface area contributed by atoms with E-state index < -0.39 is 17.8 Å². The van der Waals surface area contributed by atoms with Gasteiger partial charge in [-0.1, -0.05) is 12.1 Å². The molecule has 1 aliphatic rings. The van der Waals surface area contributed by atoms with E-state index in [2.05, 4.69) is 4.98 Å². The van der Waals surface area contributed by atoms with Gasteiger partial charge < -0.3 is 15.8 Å². The SMILES string of the molecule is NC(=O)c1cccc2c3c([nH]c12)C(C(=O)O)CCC3. The Kier molecular flexibility index (Phi) is 2.55. The average molecular weight is 258 g/mol. The number of carboxylic acid groups (broad SMARTS) is 1. The summed E-state index contributed by atoms with van der Waals surface area (Å²) in [7, 11) is 0. The van der Waals surface area contributed by atoms with Crippen molar-refractivity contribution in [2.24, 2.45) is 5.73 Å². The first kappa shape index (κ1) is 11.8. The van der Waals surface area contributed by atoms with E-state index in [1.165, 1.54) is 0 Å². The van der Waals surface area contributed by atoms with Crippen LogP contribution in [0.1, 0.15) is 40.4 Å². The largest absolute Gasteiger partial charge is 0.481 e. The van der Waals surface area contributed by atoms with Gasteiger partial charge in [-0.25, -0.2) is 0 Å². The molecule has 0 spiro atoms. The molecule has 0 aliphatic heterocycles. The normalized spacial score (nSPS) is 18.2. The van der Waals surface area contributed by atoms with Crippen LogP contribution in [0.15, 0.2) is 18.2 Å². The second-order valence-electron chi connectivity index (χ2n) is 4.89. The van der Waals surface area contributed by atoms with Crippen molar-refractivity contribution in [3.05, 3.63) is 35.0 Å². The van der Waals surface area contributed by atoms with Crippen LogP contribution in [0.4, 0.5) is 0 Å². The van der Waals surface area contributed by atoms with Crippen molar-refractivity contribution < 1.29 is 14.7 Å². The molecule has 2 aromatic rings. The Bertz CT molecular complexity index is 687. The second kappa shape index (κ2) is 4.12. The van der Waals surface area contributed by atoms with Gasteiger partial charge in [0.15, 0.2) is 0 Å². The number of para-hydroxylation sites is 1. The first-order valence-corrected chi connectivity index (χ1v) is 6.25. The molecule has 0 radical (unpaired) electrons. The summed E-state index contributed by atoms with van der Waals surface area (Å²) in [4.78, 5) is 25.8. The van der Waals surface area contributed by atoms with E-state index in [9.17, 15) is 14.7 Å². The van der Waals surface area contributed by atoms with Crippen molar-refractivity contribution in [2.75, 3.05) is 0 Å². The van der Waals surface area contributed by atoms with Crippen molar-refractivity contribution >= 4 is 22.8 Å². The Labute approximate surface area is 109 Å². The molecule has 19 heavy (non-hydrogen) atoms. The Morgan fingerprint density at radius 1 is 1.37 bits per heavy atom. The molecule has 1 aromatic heterocycles. The molecule has 98 valence electrons. The summed E-state index contributed by atoms with van der Waals surface area (Å²) in [6, 6.07) is 5.34. The lowest BCUT2D eigenvalue weighted by atomic mass is 9.87. The monoisotopic (exact) mass is 258 g/mol. The van der Waals surface area contributed by atoms with E-state index in [-0.39, 0.29) is 0 Å². The summed E-state index contributed by atoms with van der Waals surface area (Å²) in [6.07, 6.45) is 2.31. The zero-order valence-corrected chi connectivity index (χ0v) is 10.3. The number of amides is 1. The van der Waals surface area contributed by atoms with Gasteiger partial charge in [-0.3, -0.25) is 9.59 Å². The van der Waals surface area contributed by atoms with E-state index in [0.717, 1.165) is 29.5 Å². The molecule has 1 aromatic carbocycles. The molecule has 3 rings (SSSR count). The number of aryl methyl sites for hydroxylation is 1. The van der Waals surface area contributed by atoms with Crippen molar-refractivity contribution in [3.8, 4) is 0 Å². The standard InChI is InChI=1S/C14H14N2O3/c15-13(17)9-5-1-3-7-8-4-2-6-10(14(18)19)12(8)16-11(7)9/h1,3,5,10,16H,2,4,6H2,(H2,15,17)(H,18,19). The van der Waals surface area contributed by atoms with Crippen molar-refractivity contribution in [2.45, 2.75) is 25.2 Å². The highest BCUT2D eigenvalue weighted by Gasteiger charge is 2.30. The minimum absolute atomic E-state index is 0.413. The van der Waals surface area contributed by atoms with Crippen LogP contribution in [0, 0.1) is 0 Å². The summed E-state index contributed by atoms with van der Waals surface area (Å²) in [5, 5.41) is 10.2. The van der Waals surface area contributed by atoms with Gasteiger partial charge in [0.25, 0.3) is 5.91 Å². The Hall–Kier alpha value is -2.30. The van der Waals surface area contributed by atoms with Gasteiger partial charge in [-0.05, 0) is 30.9 Å². The number of carboxylic acids is 1. The molecule has 0 saturated carbocycles. The Balaban J connectivity index is 2.29. The van der Waals surface area contributed by atoms with Crippen LogP contribution >= 0.6 is 0 Å². The van der Waals surface area contributed by atoms with Crippen LogP contribution in [0.5, 0.6) is 0 Å². The number of aromatic nitrogens is 1. The molecule has 1 aliphatic carbocycles. The van der Waals surface area contributed by atoms with Crippen LogP contribution in [0.3, 0.4) is 0 Å². The zero-order valence-electron chi connectivity index (χ0n) is 10.3. The highest BCUT2D eigenvalue weighted by molar-refractivity contribution is 6.06. The summed E-state index contributed by atoms with van der Waals surface area (Å²) >= 11 is 0. The number of primary amides is 1. The number of rotatable bonds is 2. The first-order chi connectivity index (χ1) is 9.09. The van der Waals surface area contributed by atoms with E-state index in [4.69, 9.17) is 5.73 Å². The number of aliphatic carboxylic acids is 1. The lowest BCUT2D eigenvalue weighted by molar-refractivity contribution is -0.139. The third-order valence-corrected chi connectivity index (χ3v) is 3.81. The van der Waals surface area contributed by atoms with Crippen LogP contribution in [-0.4, -0.2) is 22.0 Å². The Morgan fingerprint density at radius 3 is 2.84 bits per heavy atom. The third kappa shape index (κ3) is 1.69. The maximum absolute atomic E-state index is 11.4. The molecule has 4 N–H and O–H groups in total. The predicted molar refractivity (Wildman–Crippen MR) is 70.1 cm³/mol. The highest BCUT2D eigenvalue weighted by atomic mass is 16.4. The van der Waals surface area contributed by atoms with Crippen molar-refractivity contribution in [1.29, 1.82) is 0 Å². The van der Waals surface area contributed by atoms with Gasteiger partial charge in [0, 0.05) is 11.1 Å². The molecule has 5 heteroatoms. The lowest BCUT2D eigenvalue weighted by Gasteiger charge is -2.18. The molecule has 0 bridgehead atoms. The van der Waals surface area contributed by atoms with Gasteiger partial charge in [0.1, 0.15) is 0 Å². The first-order valence-electron chi connectivity index (χ1n) is 6.25. The van der Waals surface area contributed by atoms with E-state index in [1.54, 1.807) is 12.1 Å². The van der Waals surface area contributed by atoms with E-state index >= 15 is 0 Å². The number of carbonyl (C=O) groups excluding carboxylic acids is 1. The number of nitrogens with one attached hydrogen (secondary N) is 1. The van der Waals surface area contributed by atoms with Crippen LogP contribution in [0.2, 0.25) is 0 Å². The number of H-pyrrole nitrogens is 1. The van der Waals surface area contributed by atoms with Gasteiger partial charge in [-0.15, -0.1) is 0 Å². The number of benzene rings is 1. The lowest BCUT2D eigenvalue weighted by Crippen LogP contribution is -2.17. The molecule has 0 saturated heterocycles. The van der Waals surface area contributed by atoms with E-state index in [1.807, 2.05) is 6.07 Å². The van der Waals surface area contributed by atoms with Crippen molar-refractivity contribution in [3.63, 3.8) is 0 Å². The average Bonchev–Trinajstić information content (AvgIpc) is 2.76. The fourth-order valence-corrected chi connectivity index (χ4v) is 2.94. The Morgan fingerprint density at radius 2 is 2.16 bits per heavy atom. The second-order valence-corrected chi connectivity index (χ2v) is 4.89. The molecule has 0 fully saturated rings. The topological polar surface area (TPSA) is 96.2 Å². The van der Waals surface area contributed by atoms with Crippen molar-refractivity contribution in [1.82, 2.24) is 4.98 Å². The molecule has 1 atom stereocenters. The molecule has 1 amide bonds. The zero-order chi connectivity index (χ0) is 13.6. The third-order valence-electron chi connectivity index (χ3n) is 3.81.